The Bertz CT molecular complexity index is 365. The second-order valence-electron chi connectivity index (χ2n) is 5.17. The minimum absolute atomic E-state index is 0.0294. The molecule has 1 aliphatic rings. The fourth-order valence-corrected chi connectivity index (χ4v) is 2.11. The highest BCUT2D eigenvalue weighted by atomic mass is 16.7. The van der Waals surface area contributed by atoms with Crippen molar-refractivity contribution in [3.05, 3.63) is 0 Å². The number of hydrogen-bond acceptors (Lipinski definition) is 11. The topological polar surface area (TPSA) is 197 Å². The molecule has 1 heterocycles. The van der Waals surface area contributed by atoms with Gasteiger partial charge in [0.05, 0.1) is 13.2 Å². The molecule has 1 rings (SSSR count). The van der Waals surface area contributed by atoms with Crippen LogP contribution in [0.3, 0.4) is 0 Å². The lowest BCUT2D eigenvalue weighted by molar-refractivity contribution is -0.326. The zero-order valence-corrected chi connectivity index (χ0v) is 12.0. The summed E-state index contributed by atoms with van der Waals surface area (Å²) in [5.41, 5.74) is 0. The number of carbonyl (C=O) groups is 1. The van der Waals surface area contributed by atoms with Gasteiger partial charge in [-0.25, -0.2) is 0 Å². The first-order valence-electron chi connectivity index (χ1n) is 6.84. The van der Waals surface area contributed by atoms with Gasteiger partial charge in [0.15, 0.2) is 12.6 Å². The van der Waals surface area contributed by atoms with Crippen LogP contribution < -0.4 is 0 Å². The van der Waals surface area contributed by atoms with E-state index in [2.05, 4.69) is 0 Å². The molecule has 11 nitrogen and oxygen atoms in total. The molecule has 0 aromatic heterocycles. The van der Waals surface area contributed by atoms with Gasteiger partial charge in [-0.3, -0.25) is 0 Å². The van der Waals surface area contributed by atoms with Gasteiger partial charge in [0.25, 0.3) is 0 Å². The highest BCUT2D eigenvalue weighted by Gasteiger charge is 2.46. The Kier molecular flexibility index (Phi) is 7.89. The summed E-state index contributed by atoms with van der Waals surface area (Å²) in [5.74, 6) is 0. The normalized spacial score (nSPS) is 37.0. The predicted molar refractivity (Wildman–Crippen MR) is 69.8 cm³/mol. The summed E-state index contributed by atoms with van der Waals surface area (Å²) in [6, 6.07) is 0. The number of carbonyl (C=O) groups excluding carboxylic acids is 1. The zero-order valence-electron chi connectivity index (χ0n) is 12.0. The predicted octanol–water partition coefficient (Wildman–Crippen LogP) is -5.55. The van der Waals surface area contributed by atoms with E-state index in [-0.39, 0.29) is 6.29 Å². The molecule has 0 aromatic rings. The van der Waals surface area contributed by atoms with Gasteiger partial charge < -0.3 is 55.1 Å². The third-order valence-electron chi connectivity index (χ3n) is 3.53. The molecule has 0 saturated carbocycles. The van der Waals surface area contributed by atoms with Crippen LogP contribution in [0, 0.1) is 0 Å². The van der Waals surface area contributed by atoms with Crippen molar-refractivity contribution < 1.29 is 55.1 Å². The Labute approximate surface area is 130 Å². The molecule has 0 spiro atoms. The second kappa shape index (κ2) is 8.94. The van der Waals surface area contributed by atoms with Crippen LogP contribution in [0.2, 0.25) is 0 Å². The lowest BCUT2D eigenvalue weighted by Crippen LogP contribution is -2.61. The van der Waals surface area contributed by atoms with Crippen LogP contribution in [-0.2, 0) is 14.3 Å². The highest BCUT2D eigenvalue weighted by molar-refractivity contribution is 5.56. The summed E-state index contributed by atoms with van der Waals surface area (Å²) in [4.78, 5) is 10.5. The van der Waals surface area contributed by atoms with Crippen LogP contribution in [-0.4, -0.2) is 115 Å². The molecule has 8 N–H and O–H groups in total. The molecule has 0 radical (unpaired) electrons. The molecular formula is C12H22O11. The van der Waals surface area contributed by atoms with E-state index in [4.69, 9.17) is 19.7 Å². The second-order valence-corrected chi connectivity index (χ2v) is 5.17. The standard InChI is InChI=1S/C12H22O11/c13-1-4(16)7(18)11(5(17)2-14)23-12-10(21)9(20)8(19)6(3-15)22-12/h1,4-12,14-21H,2-3H2/t4-,5+,6+,7+,8+,9-,10+,11+,12-/m1/s1. The average molecular weight is 342 g/mol. The monoisotopic (exact) mass is 342 g/mol. The van der Waals surface area contributed by atoms with Gasteiger partial charge in [-0.15, -0.1) is 0 Å². The van der Waals surface area contributed by atoms with Crippen LogP contribution in [0.4, 0.5) is 0 Å². The van der Waals surface area contributed by atoms with Crippen molar-refractivity contribution in [1.82, 2.24) is 0 Å². The van der Waals surface area contributed by atoms with E-state index in [1.807, 2.05) is 0 Å². The number of aldehydes is 1. The summed E-state index contributed by atoms with van der Waals surface area (Å²) < 4.78 is 10.1. The number of ether oxygens (including phenoxy) is 2. The quantitative estimate of drug-likeness (QED) is 0.196. The Morgan fingerprint density at radius 1 is 1.04 bits per heavy atom. The lowest BCUT2D eigenvalue weighted by Gasteiger charge is -2.42. The first-order chi connectivity index (χ1) is 10.8. The Balaban J connectivity index is 2.91. The van der Waals surface area contributed by atoms with Crippen molar-refractivity contribution in [1.29, 1.82) is 0 Å². The molecular weight excluding hydrogens is 320 g/mol. The van der Waals surface area contributed by atoms with Gasteiger partial charge >= 0.3 is 0 Å². The Morgan fingerprint density at radius 3 is 2.13 bits per heavy atom. The summed E-state index contributed by atoms with van der Waals surface area (Å²) in [6.07, 6.45) is -15.7. The van der Waals surface area contributed by atoms with Gasteiger partial charge in [-0.1, -0.05) is 0 Å². The molecule has 1 aliphatic heterocycles. The maximum Gasteiger partial charge on any atom is 0.187 e. The first kappa shape index (κ1) is 20.3. The maximum atomic E-state index is 10.5. The van der Waals surface area contributed by atoms with E-state index in [9.17, 15) is 35.4 Å². The van der Waals surface area contributed by atoms with E-state index >= 15 is 0 Å². The highest BCUT2D eigenvalue weighted by Crippen LogP contribution is 2.24. The third-order valence-corrected chi connectivity index (χ3v) is 3.53. The molecule has 23 heavy (non-hydrogen) atoms. The van der Waals surface area contributed by atoms with Gasteiger partial charge in [0.2, 0.25) is 0 Å². The molecule has 1 saturated heterocycles. The van der Waals surface area contributed by atoms with E-state index in [0.717, 1.165) is 0 Å². The number of hydrogen-bond donors (Lipinski definition) is 8. The fourth-order valence-electron chi connectivity index (χ4n) is 2.11. The summed E-state index contributed by atoms with van der Waals surface area (Å²) >= 11 is 0. The SMILES string of the molecule is O=C[C@@H](O)[C@H](O)[C@@H](O[C@H]1O[C@@H](CO)[C@H](O)[C@@H](O)[C@@H]1O)[C@@H](O)CO. The van der Waals surface area contributed by atoms with Crippen LogP contribution in [0.15, 0.2) is 0 Å². The van der Waals surface area contributed by atoms with E-state index in [1.54, 1.807) is 0 Å². The summed E-state index contributed by atoms with van der Waals surface area (Å²) in [7, 11) is 0. The van der Waals surface area contributed by atoms with Gasteiger partial charge in [0, 0.05) is 0 Å². The minimum Gasteiger partial charge on any atom is -0.394 e. The van der Waals surface area contributed by atoms with Gasteiger partial charge in [0.1, 0.15) is 48.8 Å². The van der Waals surface area contributed by atoms with Crippen LogP contribution in [0.1, 0.15) is 0 Å². The Morgan fingerprint density at radius 2 is 1.65 bits per heavy atom. The Hall–Kier alpha value is -0.730. The molecule has 136 valence electrons. The molecule has 0 unspecified atom stereocenters. The van der Waals surface area contributed by atoms with E-state index < -0.39 is 68.3 Å². The molecule has 0 aliphatic carbocycles. The van der Waals surface area contributed by atoms with Gasteiger partial charge in [-0.05, 0) is 0 Å². The average Bonchev–Trinajstić information content (AvgIpc) is 2.57. The van der Waals surface area contributed by atoms with Crippen molar-refractivity contribution in [3.63, 3.8) is 0 Å². The first-order valence-corrected chi connectivity index (χ1v) is 6.84. The molecule has 1 fully saturated rings. The summed E-state index contributed by atoms with van der Waals surface area (Å²) in [6.45, 7) is -1.64. The smallest absolute Gasteiger partial charge is 0.187 e. The van der Waals surface area contributed by atoms with E-state index in [1.165, 1.54) is 0 Å². The van der Waals surface area contributed by atoms with Crippen molar-refractivity contribution in [2.45, 2.75) is 55.1 Å². The number of aliphatic hydroxyl groups is 8. The van der Waals surface area contributed by atoms with E-state index in [0.29, 0.717) is 0 Å². The summed E-state index contributed by atoms with van der Waals surface area (Å²) in [5, 5.41) is 75.7. The lowest BCUT2D eigenvalue weighted by atomic mass is 9.98. The van der Waals surface area contributed by atoms with Crippen molar-refractivity contribution in [2.24, 2.45) is 0 Å². The zero-order chi connectivity index (χ0) is 17.7. The molecule has 0 aromatic carbocycles. The van der Waals surface area contributed by atoms with Crippen molar-refractivity contribution in [2.75, 3.05) is 13.2 Å². The molecule has 11 heteroatoms. The van der Waals surface area contributed by atoms with Crippen LogP contribution in [0.25, 0.3) is 0 Å². The third kappa shape index (κ3) is 4.64. The molecule has 9 atom stereocenters. The van der Waals surface area contributed by atoms with Crippen molar-refractivity contribution >= 4 is 6.29 Å². The minimum atomic E-state index is -1.97. The maximum absolute atomic E-state index is 10.5. The van der Waals surface area contributed by atoms with Gasteiger partial charge in [-0.2, -0.15) is 0 Å². The van der Waals surface area contributed by atoms with Crippen molar-refractivity contribution in [3.8, 4) is 0 Å². The largest absolute Gasteiger partial charge is 0.394 e. The molecule has 0 bridgehead atoms. The number of rotatable bonds is 8. The number of aliphatic hydroxyl groups excluding tert-OH is 8. The molecule has 0 amide bonds. The van der Waals surface area contributed by atoms with Crippen LogP contribution >= 0.6 is 0 Å². The fraction of sp³-hybridized carbons (Fsp3) is 0.917. The van der Waals surface area contributed by atoms with Crippen LogP contribution in [0.5, 0.6) is 0 Å².